The van der Waals surface area contributed by atoms with Gasteiger partial charge in [0.1, 0.15) is 6.61 Å². The van der Waals surface area contributed by atoms with E-state index in [1.165, 1.54) is 0 Å². The van der Waals surface area contributed by atoms with Crippen LogP contribution in [0.25, 0.3) is 0 Å². The van der Waals surface area contributed by atoms with Gasteiger partial charge in [0.2, 0.25) is 0 Å². The van der Waals surface area contributed by atoms with E-state index in [2.05, 4.69) is 30.0 Å². The van der Waals surface area contributed by atoms with E-state index < -0.39 is 0 Å². The van der Waals surface area contributed by atoms with Gasteiger partial charge in [-0.3, -0.25) is 4.90 Å². The van der Waals surface area contributed by atoms with Crippen LogP contribution in [0.2, 0.25) is 0 Å². The highest BCUT2D eigenvalue weighted by atomic mass is 32.1. The summed E-state index contributed by atoms with van der Waals surface area (Å²) in [5.74, 6) is 2.19. The van der Waals surface area contributed by atoms with E-state index >= 15 is 0 Å². The molecule has 3 aromatic rings. The predicted octanol–water partition coefficient (Wildman–Crippen LogP) is 3.36. The van der Waals surface area contributed by atoms with E-state index in [-0.39, 0.29) is 6.10 Å². The number of nitrogens with zero attached hydrogens (tertiary/aromatic N) is 6. The number of fused-ring (bicyclic) bond motifs is 1. The van der Waals surface area contributed by atoms with Gasteiger partial charge < -0.3 is 18.9 Å². The number of nitriles is 1. The smallest absolute Gasteiger partial charge is 0.198 e. The highest BCUT2D eigenvalue weighted by molar-refractivity contribution is 7.71. The molecule has 0 saturated carbocycles. The Balaban J connectivity index is 1.53. The van der Waals surface area contributed by atoms with Gasteiger partial charge in [-0.05, 0) is 56.1 Å². The van der Waals surface area contributed by atoms with E-state index in [1.807, 2.05) is 64.8 Å². The van der Waals surface area contributed by atoms with Crippen LogP contribution in [-0.2, 0) is 20.3 Å². The van der Waals surface area contributed by atoms with Gasteiger partial charge in [0, 0.05) is 26.7 Å². The van der Waals surface area contributed by atoms with E-state index in [0.717, 1.165) is 36.8 Å². The molecule has 1 atom stereocenters. The average Bonchev–Trinajstić information content (AvgIpc) is 3.11. The molecule has 2 aromatic carbocycles. The van der Waals surface area contributed by atoms with Crippen LogP contribution >= 0.6 is 12.2 Å². The lowest BCUT2D eigenvalue weighted by atomic mass is 10.1. The Kier molecular flexibility index (Phi) is 7.08. The number of likely N-dealkylation sites (N-methyl/N-ethyl adjacent to an activating group) is 1. The number of rotatable bonds is 8. The highest BCUT2D eigenvalue weighted by Gasteiger charge is 2.27. The first kappa shape index (κ1) is 23.0. The van der Waals surface area contributed by atoms with Crippen LogP contribution in [0.15, 0.2) is 48.5 Å². The Morgan fingerprint density at radius 2 is 1.85 bits per heavy atom. The summed E-state index contributed by atoms with van der Waals surface area (Å²) in [7, 11) is 6.03. The average molecular weight is 465 g/mol. The molecule has 0 saturated heterocycles. The second-order valence-corrected chi connectivity index (χ2v) is 8.73. The fraction of sp³-hybridized carbons (Fsp3) is 0.375. The molecule has 0 unspecified atom stereocenters. The second kappa shape index (κ2) is 10.2. The van der Waals surface area contributed by atoms with Crippen LogP contribution in [0.5, 0.6) is 11.5 Å². The van der Waals surface area contributed by atoms with Crippen molar-refractivity contribution in [3.8, 4) is 17.6 Å². The molecular formula is C24H28N6O2S. The first-order valence-electron chi connectivity index (χ1n) is 10.8. The van der Waals surface area contributed by atoms with Crippen LogP contribution in [0.1, 0.15) is 23.1 Å². The van der Waals surface area contributed by atoms with Crippen molar-refractivity contribution in [1.82, 2.24) is 24.1 Å². The maximum Gasteiger partial charge on any atom is 0.198 e. The van der Waals surface area contributed by atoms with Gasteiger partial charge in [0.25, 0.3) is 0 Å². The van der Waals surface area contributed by atoms with E-state index in [1.54, 1.807) is 0 Å². The number of benzene rings is 2. The zero-order valence-corrected chi connectivity index (χ0v) is 20.0. The molecule has 0 amide bonds. The first-order valence-corrected chi connectivity index (χ1v) is 11.2. The van der Waals surface area contributed by atoms with Crippen LogP contribution < -0.4 is 9.47 Å². The van der Waals surface area contributed by atoms with E-state index in [9.17, 15) is 0 Å². The van der Waals surface area contributed by atoms with Crippen molar-refractivity contribution in [2.75, 3.05) is 33.8 Å². The minimum atomic E-state index is -0.332. The van der Waals surface area contributed by atoms with Crippen molar-refractivity contribution in [2.45, 2.75) is 19.3 Å². The van der Waals surface area contributed by atoms with Crippen molar-refractivity contribution in [1.29, 1.82) is 5.26 Å². The van der Waals surface area contributed by atoms with E-state index in [4.69, 9.17) is 32.1 Å². The van der Waals surface area contributed by atoms with Gasteiger partial charge in [0.05, 0.1) is 18.3 Å². The summed E-state index contributed by atoms with van der Waals surface area (Å²) >= 11 is 5.71. The molecule has 0 N–H and O–H groups in total. The lowest BCUT2D eigenvalue weighted by Crippen LogP contribution is -2.33. The van der Waals surface area contributed by atoms with Gasteiger partial charge in [-0.15, -0.1) is 0 Å². The van der Waals surface area contributed by atoms with Crippen LogP contribution in [0.3, 0.4) is 0 Å². The predicted molar refractivity (Wildman–Crippen MR) is 127 cm³/mol. The number of hydrogen-bond acceptors (Lipinski definition) is 7. The summed E-state index contributed by atoms with van der Waals surface area (Å²) in [6, 6.07) is 17.5. The molecule has 0 fully saturated rings. The molecular weight excluding hydrogens is 436 g/mol. The molecule has 33 heavy (non-hydrogen) atoms. The summed E-state index contributed by atoms with van der Waals surface area (Å²) in [6.45, 7) is 3.40. The molecule has 0 radical (unpaired) electrons. The van der Waals surface area contributed by atoms with Crippen molar-refractivity contribution in [3.05, 3.63) is 70.3 Å². The van der Waals surface area contributed by atoms with Gasteiger partial charge >= 0.3 is 0 Å². The third-order valence-electron chi connectivity index (χ3n) is 5.56. The Morgan fingerprint density at radius 3 is 2.55 bits per heavy atom. The van der Waals surface area contributed by atoms with Crippen LogP contribution in [0.4, 0.5) is 0 Å². The summed E-state index contributed by atoms with van der Waals surface area (Å²) in [5.41, 5.74) is 1.79. The number of aromatic nitrogens is 3. The molecule has 1 aliphatic rings. The minimum absolute atomic E-state index is 0.332. The monoisotopic (exact) mass is 464 g/mol. The summed E-state index contributed by atoms with van der Waals surface area (Å²) in [6.07, 6.45) is -0.332. The minimum Gasteiger partial charge on any atom is -0.485 e. The zero-order chi connectivity index (χ0) is 23.4. The largest absolute Gasteiger partial charge is 0.485 e. The molecule has 0 bridgehead atoms. The summed E-state index contributed by atoms with van der Waals surface area (Å²) < 4.78 is 16.4. The Labute approximate surface area is 199 Å². The molecule has 0 aliphatic carbocycles. The van der Waals surface area contributed by atoms with Crippen LogP contribution in [0, 0.1) is 16.1 Å². The van der Waals surface area contributed by atoms with Crippen molar-refractivity contribution in [2.24, 2.45) is 7.05 Å². The topological polar surface area (TPSA) is 71.5 Å². The molecule has 1 aliphatic heterocycles. The summed E-state index contributed by atoms with van der Waals surface area (Å²) in [5, 5.41) is 13.9. The molecule has 8 nitrogen and oxygen atoms in total. The van der Waals surface area contributed by atoms with Gasteiger partial charge in [0.15, 0.2) is 28.2 Å². The van der Waals surface area contributed by atoms with Crippen molar-refractivity contribution in [3.63, 3.8) is 0 Å². The number of hydrogen-bond donors (Lipinski definition) is 0. The van der Waals surface area contributed by atoms with Gasteiger partial charge in [-0.1, -0.05) is 24.3 Å². The standard InChI is InChI=1S/C24H28N6O2S/c1-27(2)12-13-29(15-19-10-8-18(14-25)9-11-19)17-30-24(33)28(3)23(26-30)22-16-31-20-6-4-5-7-21(20)32-22/h4-11,22H,12-13,15-17H2,1-3H3/t22-/m1/s1. The number of para-hydroxylation sites is 2. The molecule has 172 valence electrons. The fourth-order valence-corrected chi connectivity index (χ4v) is 3.89. The molecule has 0 spiro atoms. The Bertz CT molecular complexity index is 1190. The SMILES string of the molecule is CN(C)CCN(Cc1ccc(C#N)cc1)Cn1nc([C@H]2COc3ccccc3O2)n(C)c1=S. The van der Waals surface area contributed by atoms with E-state index in [0.29, 0.717) is 29.4 Å². The van der Waals surface area contributed by atoms with Gasteiger partial charge in [-0.25, -0.2) is 4.68 Å². The lowest BCUT2D eigenvalue weighted by Gasteiger charge is -2.25. The third-order valence-corrected chi connectivity index (χ3v) is 6.04. The fourth-order valence-electron chi connectivity index (χ4n) is 3.70. The lowest BCUT2D eigenvalue weighted by molar-refractivity contribution is 0.0819. The maximum absolute atomic E-state index is 9.06. The molecule has 2 heterocycles. The third kappa shape index (κ3) is 5.42. The zero-order valence-electron chi connectivity index (χ0n) is 19.1. The Morgan fingerprint density at radius 1 is 1.12 bits per heavy atom. The Hall–Kier alpha value is -3.19. The quantitative estimate of drug-likeness (QED) is 0.474. The first-order chi connectivity index (χ1) is 15.9. The van der Waals surface area contributed by atoms with Crippen molar-refractivity contribution < 1.29 is 9.47 Å². The molecule has 9 heteroatoms. The van der Waals surface area contributed by atoms with Crippen molar-refractivity contribution >= 4 is 12.2 Å². The summed E-state index contributed by atoms with van der Waals surface area (Å²) in [4.78, 5) is 4.45. The molecule has 4 rings (SSSR count). The highest BCUT2D eigenvalue weighted by Crippen LogP contribution is 2.35. The van der Waals surface area contributed by atoms with Gasteiger partial charge in [-0.2, -0.15) is 10.4 Å². The molecule has 1 aromatic heterocycles. The number of ether oxygens (including phenoxy) is 2. The normalized spacial score (nSPS) is 15.1. The second-order valence-electron chi connectivity index (χ2n) is 8.37. The van der Waals surface area contributed by atoms with Crippen LogP contribution in [-0.4, -0.2) is 57.9 Å². The maximum atomic E-state index is 9.06.